The fourth-order valence-corrected chi connectivity index (χ4v) is 2.76. The molecule has 0 unspecified atom stereocenters. The lowest BCUT2D eigenvalue weighted by molar-refractivity contribution is -0.141. The number of fused-ring (bicyclic) bond motifs is 1. The molecule has 1 aromatic carbocycles. The molecule has 108 valence electrons. The summed E-state index contributed by atoms with van der Waals surface area (Å²) in [7, 11) is 1.49. The maximum Gasteiger partial charge on any atom is 0.433 e. The monoisotopic (exact) mass is 342 g/mol. The van der Waals surface area contributed by atoms with Gasteiger partial charge in [0.05, 0.1) is 26.3 Å². The van der Waals surface area contributed by atoms with E-state index in [9.17, 15) is 13.2 Å². The van der Waals surface area contributed by atoms with E-state index < -0.39 is 11.9 Å². The lowest BCUT2D eigenvalue weighted by Gasteiger charge is -2.17. The number of halogens is 6. The third kappa shape index (κ3) is 2.38. The maximum atomic E-state index is 13.0. The van der Waals surface area contributed by atoms with Gasteiger partial charge < -0.3 is 5.32 Å². The van der Waals surface area contributed by atoms with E-state index in [0.29, 0.717) is 0 Å². The zero-order valence-corrected chi connectivity index (χ0v) is 12.6. The Kier molecular flexibility index (Phi) is 3.97. The molecular formula is C12H8Cl3F3N2. The van der Waals surface area contributed by atoms with Crippen LogP contribution in [0.25, 0.3) is 10.9 Å². The second-order valence-electron chi connectivity index (χ2n) is 4.09. The van der Waals surface area contributed by atoms with Gasteiger partial charge in [-0.15, -0.1) is 0 Å². The second kappa shape index (κ2) is 5.13. The summed E-state index contributed by atoms with van der Waals surface area (Å²) in [5.74, 6) is 0. The van der Waals surface area contributed by atoms with Crippen molar-refractivity contribution in [3.05, 3.63) is 32.4 Å². The van der Waals surface area contributed by atoms with Crippen LogP contribution in [-0.2, 0) is 6.18 Å². The Morgan fingerprint density at radius 2 is 1.75 bits per heavy atom. The summed E-state index contributed by atoms with van der Waals surface area (Å²) in [6.07, 6.45) is -4.58. The first-order valence-corrected chi connectivity index (χ1v) is 6.54. The van der Waals surface area contributed by atoms with Crippen molar-refractivity contribution < 1.29 is 13.2 Å². The van der Waals surface area contributed by atoms with Crippen molar-refractivity contribution >= 4 is 51.4 Å². The van der Waals surface area contributed by atoms with Crippen LogP contribution in [0.3, 0.4) is 0 Å². The van der Waals surface area contributed by atoms with Crippen LogP contribution in [0.2, 0.25) is 15.1 Å². The Labute approximate surface area is 127 Å². The van der Waals surface area contributed by atoms with Gasteiger partial charge in [0.2, 0.25) is 0 Å². The molecule has 8 heteroatoms. The van der Waals surface area contributed by atoms with E-state index >= 15 is 0 Å². The Bertz CT molecular complexity index is 699. The maximum absolute atomic E-state index is 13.0. The molecule has 20 heavy (non-hydrogen) atoms. The van der Waals surface area contributed by atoms with Gasteiger partial charge in [0.25, 0.3) is 0 Å². The number of hydrogen-bond donors (Lipinski definition) is 1. The molecular weight excluding hydrogens is 335 g/mol. The highest BCUT2D eigenvalue weighted by Gasteiger charge is 2.36. The molecule has 1 aromatic heterocycles. The van der Waals surface area contributed by atoms with Crippen LogP contribution in [0.4, 0.5) is 18.9 Å². The first-order chi connectivity index (χ1) is 9.18. The Hall–Kier alpha value is -0.910. The smallest absolute Gasteiger partial charge is 0.387 e. The van der Waals surface area contributed by atoms with Gasteiger partial charge in [-0.2, -0.15) is 13.2 Å². The normalized spacial score (nSPS) is 12.0. The lowest BCUT2D eigenvalue weighted by atomic mass is 10.1. The number of nitrogens with one attached hydrogen (secondary N) is 1. The molecule has 0 fully saturated rings. The SMILES string of the molecule is CNc1c(C)c(C(F)(F)F)nc2c(Cl)cc(Cl)c(Cl)c12. The molecule has 2 rings (SSSR count). The van der Waals surface area contributed by atoms with Crippen molar-refractivity contribution in [3.63, 3.8) is 0 Å². The van der Waals surface area contributed by atoms with Crippen LogP contribution in [0.1, 0.15) is 11.3 Å². The van der Waals surface area contributed by atoms with E-state index in [1.165, 1.54) is 20.0 Å². The molecule has 2 nitrogen and oxygen atoms in total. The van der Waals surface area contributed by atoms with Crippen LogP contribution in [0.5, 0.6) is 0 Å². The average molecular weight is 344 g/mol. The number of alkyl halides is 3. The number of hydrogen-bond acceptors (Lipinski definition) is 2. The summed E-state index contributed by atoms with van der Waals surface area (Å²) in [4.78, 5) is 3.62. The predicted octanol–water partition coefficient (Wildman–Crippen LogP) is 5.56. The van der Waals surface area contributed by atoms with E-state index in [-0.39, 0.29) is 37.2 Å². The number of rotatable bonds is 1. The lowest BCUT2D eigenvalue weighted by Crippen LogP contribution is -2.13. The van der Waals surface area contributed by atoms with Gasteiger partial charge in [-0.1, -0.05) is 34.8 Å². The van der Waals surface area contributed by atoms with Crippen molar-refractivity contribution in [2.24, 2.45) is 0 Å². The fraction of sp³-hybridized carbons (Fsp3) is 0.250. The third-order valence-electron chi connectivity index (χ3n) is 2.87. The minimum atomic E-state index is -4.58. The zero-order chi connectivity index (χ0) is 15.2. The van der Waals surface area contributed by atoms with Crippen molar-refractivity contribution in [1.29, 1.82) is 0 Å². The van der Waals surface area contributed by atoms with Gasteiger partial charge in [-0.25, -0.2) is 4.98 Å². The predicted molar refractivity (Wildman–Crippen MR) is 76.1 cm³/mol. The number of pyridine rings is 1. The molecule has 0 bridgehead atoms. The van der Waals surface area contributed by atoms with Crippen LogP contribution in [0, 0.1) is 6.92 Å². The van der Waals surface area contributed by atoms with Gasteiger partial charge in [0.15, 0.2) is 0 Å². The molecule has 0 amide bonds. The second-order valence-corrected chi connectivity index (χ2v) is 5.28. The van der Waals surface area contributed by atoms with Gasteiger partial charge in [0, 0.05) is 18.0 Å². The van der Waals surface area contributed by atoms with E-state index in [2.05, 4.69) is 10.3 Å². The Morgan fingerprint density at radius 1 is 1.15 bits per heavy atom. The van der Waals surface area contributed by atoms with E-state index in [0.717, 1.165) is 0 Å². The third-order valence-corrected chi connectivity index (χ3v) is 3.94. The molecule has 0 aliphatic carbocycles. The standard InChI is InChI=1S/C12H8Cl3F3N2/c1-4-9(19-2)7-8(15)5(13)3-6(14)10(7)20-11(4)12(16,17)18/h3H,1-2H3,(H,19,20). The van der Waals surface area contributed by atoms with Crippen molar-refractivity contribution in [3.8, 4) is 0 Å². The molecule has 0 saturated heterocycles. The number of nitrogens with zero attached hydrogens (tertiary/aromatic N) is 1. The highest BCUT2D eigenvalue weighted by molar-refractivity contribution is 6.48. The number of benzene rings is 1. The Balaban J connectivity index is 3.04. The minimum Gasteiger partial charge on any atom is -0.387 e. The minimum absolute atomic E-state index is 0.0106. The van der Waals surface area contributed by atoms with E-state index in [4.69, 9.17) is 34.8 Å². The van der Waals surface area contributed by atoms with Gasteiger partial charge in [-0.3, -0.25) is 0 Å². The molecule has 0 aliphatic heterocycles. The molecule has 0 spiro atoms. The fourth-order valence-electron chi connectivity index (χ4n) is 2.01. The summed E-state index contributed by atoms with van der Waals surface area (Å²) in [5, 5.41) is 3.26. The largest absolute Gasteiger partial charge is 0.433 e. The topological polar surface area (TPSA) is 24.9 Å². The quantitative estimate of drug-likeness (QED) is 0.685. The molecule has 0 radical (unpaired) electrons. The van der Waals surface area contributed by atoms with Gasteiger partial charge in [-0.05, 0) is 13.0 Å². The number of anilines is 1. The van der Waals surface area contributed by atoms with Gasteiger partial charge in [0.1, 0.15) is 5.69 Å². The van der Waals surface area contributed by atoms with Crippen LogP contribution >= 0.6 is 34.8 Å². The number of aromatic nitrogens is 1. The van der Waals surface area contributed by atoms with Crippen LogP contribution < -0.4 is 5.32 Å². The first-order valence-electron chi connectivity index (χ1n) is 5.41. The van der Waals surface area contributed by atoms with E-state index in [1.807, 2.05) is 0 Å². The Morgan fingerprint density at radius 3 is 2.25 bits per heavy atom. The van der Waals surface area contributed by atoms with Gasteiger partial charge >= 0.3 is 6.18 Å². The van der Waals surface area contributed by atoms with Crippen molar-refractivity contribution in [1.82, 2.24) is 4.98 Å². The summed E-state index contributed by atoms with van der Waals surface area (Å²) in [6, 6.07) is 1.27. The average Bonchev–Trinajstić information content (AvgIpc) is 2.33. The summed E-state index contributed by atoms with van der Waals surface area (Å²) in [5.41, 5.74) is -0.901. The highest BCUT2D eigenvalue weighted by atomic mass is 35.5. The summed E-state index contributed by atoms with van der Waals surface area (Å²) in [6.45, 7) is 1.31. The van der Waals surface area contributed by atoms with Crippen LogP contribution in [0.15, 0.2) is 6.07 Å². The van der Waals surface area contributed by atoms with E-state index in [1.54, 1.807) is 0 Å². The molecule has 1 heterocycles. The van der Waals surface area contributed by atoms with Crippen LogP contribution in [-0.4, -0.2) is 12.0 Å². The molecule has 1 N–H and O–H groups in total. The molecule has 0 atom stereocenters. The van der Waals surface area contributed by atoms with Crippen molar-refractivity contribution in [2.45, 2.75) is 13.1 Å². The first kappa shape index (κ1) is 15.5. The summed E-state index contributed by atoms with van der Waals surface area (Å²) < 4.78 is 39.0. The molecule has 0 aliphatic rings. The highest BCUT2D eigenvalue weighted by Crippen LogP contribution is 2.43. The zero-order valence-electron chi connectivity index (χ0n) is 10.3. The van der Waals surface area contributed by atoms with Crippen molar-refractivity contribution in [2.75, 3.05) is 12.4 Å². The molecule has 2 aromatic rings. The molecule has 0 saturated carbocycles. The summed E-state index contributed by atoms with van der Waals surface area (Å²) >= 11 is 17.9.